The number of hydrogen-bond donors (Lipinski definition) is 0. The lowest BCUT2D eigenvalue weighted by atomic mass is 10.3. The summed E-state index contributed by atoms with van der Waals surface area (Å²) in [6.07, 6.45) is 1.12. The Morgan fingerprint density at radius 1 is 1.12 bits per heavy atom. The van der Waals surface area contributed by atoms with E-state index in [1.54, 1.807) is 6.92 Å². The van der Waals surface area contributed by atoms with Gasteiger partial charge in [-0.05, 0) is 19.1 Å². The summed E-state index contributed by atoms with van der Waals surface area (Å²) < 4.78 is 24.6. The normalized spacial score (nSPS) is 11.6. The van der Waals surface area contributed by atoms with Gasteiger partial charge in [-0.1, -0.05) is 18.2 Å². The van der Waals surface area contributed by atoms with Gasteiger partial charge in [-0.25, -0.2) is 8.42 Å². The van der Waals surface area contributed by atoms with Gasteiger partial charge in [-0.15, -0.1) is 10.2 Å². The minimum atomic E-state index is -3.37. The highest BCUT2D eigenvalue weighted by Gasteiger charge is 2.19. The number of nitrogens with zero attached hydrogens (tertiary/aromatic N) is 3. The van der Waals surface area contributed by atoms with Crippen molar-refractivity contribution in [3.05, 3.63) is 36.2 Å². The molecule has 0 amide bonds. The summed E-state index contributed by atoms with van der Waals surface area (Å²) in [5.41, 5.74) is 0.741. The summed E-state index contributed by atoms with van der Waals surface area (Å²) >= 11 is 0. The van der Waals surface area contributed by atoms with Crippen LogP contribution in [-0.4, -0.2) is 29.4 Å². The molecule has 6 heteroatoms. The topological polar surface area (TPSA) is 64.8 Å². The molecule has 1 aromatic heterocycles. The van der Waals surface area contributed by atoms with Crippen LogP contribution >= 0.6 is 0 Å². The molecule has 0 aliphatic heterocycles. The Bertz CT molecular complexity index is 602. The maximum Gasteiger partial charge on any atom is 0.254 e. The predicted octanol–water partition coefficient (Wildman–Crippen LogP) is 0.979. The first-order valence-corrected chi connectivity index (χ1v) is 6.57. The van der Waals surface area contributed by atoms with Crippen molar-refractivity contribution in [2.45, 2.75) is 12.1 Å². The van der Waals surface area contributed by atoms with E-state index in [0.717, 1.165) is 11.9 Å². The molecule has 0 saturated carbocycles. The zero-order valence-corrected chi connectivity index (χ0v) is 9.77. The van der Waals surface area contributed by atoms with Crippen LogP contribution in [0.25, 0.3) is 5.69 Å². The van der Waals surface area contributed by atoms with E-state index < -0.39 is 9.84 Å². The summed E-state index contributed by atoms with van der Waals surface area (Å²) in [4.78, 5) is 0. The molecule has 0 radical (unpaired) electrons. The molecule has 0 aliphatic carbocycles. The highest BCUT2D eigenvalue weighted by Crippen LogP contribution is 2.15. The van der Waals surface area contributed by atoms with E-state index >= 15 is 0 Å². The third-order valence-electron chi connectivity index (χ3n) is 2.14. The van der Waals surface area contributed by atoms with Gasteiger partial charge in [-0.2, -0.15) is 0 Å². The van der Waals surface area contributed by atoms with E-state index in [1.807, 2.05) is 30.3 Å². The Balaban J connectivity index is 2.71. The molecule has 0 saturated heterocycles. The Morgan fingerprint density at radius 3 is 2.31 bits per heavy atom. The lowest BCUT2D eigenvalue weighted by Gasteiger charge is -2.06. The van der Waals surface area contributed by atoms with Crippen LogP contribution in [0.2, 0.25) is 0 Å². The second kappa shape index (κ2) is 3.71. The Hall–Kier alpha value is -1.69. The number of aromatic nitrogens is 3. The Labute approximate surface area is 93.7 Å². The summed E-state index contributed by atoms with van der Waals surface area (Å²) in [7, 11) is -3.37. The van der Waals surface area contributed by atoms with Gasteiger partial charge in [0.25, 0.3) is 5.16 Å². The van der Waals surface area contributed by atoms with Crippen molar-refractivity contribution in [1.82, 2.24) is 14.8 Å². The lowest BCUT2D eigenvalue weighted by Crippen LogP contribution is -2.08. The van der Waals surface area contributed by atoms with Gasteiger partial charge >= 0.3 is 0 Å². The second-order valence-electron chi connectivity index (χ2n) is 3.47. The lowest BCUT2D eigenvalue weighted by molar-refractivity contribution is 0.589. The maximum absolute atomic E-state index is 11.5. The molecule has 0 atom stereocenters. The monoisotopic (exact) mass is 237 g/mol. The van der Waals surface area contributed by atoms with E-state index in [9.17, 15) is 8.42 Å². The molecule has 1 heterocycles. The first-order chi connectivity index (χ1) is 7.50. The van der Waals surface area contributed by atoms with Crippen LogP contribution in [0.1, 0.15) is 5.82 Å². The van der Waals surface area contributed by atoms with Gasteiger partial charge in [0.15, 0.2) is 0 Å². The van der Waals surface area contributed by atoms with Gasteiger partial charge in [0, 0.05) is 11.9 Å². The molecule has 2 aromatic rings. The summed E-state index contributed by atoms with van der Waals surface area (Å²) in [6.45, 7) is 1.72. The van der Waals surface area contributed by atoms with Crippen LogP contribution in [0, 0.1) is 6.92 Å². The van der Waals surface area contributed by atoms with E-state index in [-0.39, 0.29) is 5.16 Å². The number of benzene rings is 1. The van der Waals surface area contributed by atoms with Crippen LogP contribution in [0.4, 0.5) is 0 Å². The van der Waals surface area contributed by atoms with Crippen LogP contribution in [-0.2, 0) is 9.84 Å². The Kier molecular flexibility index (Phi) is 2.51. The molecule has 2 rings (SSSR count). The molecule has 0 N–H and O–H groups in total. The molecule has 0 unspecified atom stereocenters. The minimum absolute atomic E-state index is 0.0313. The standard InChI is InChI=1S/C10H11N3O2S/c1-8-11-12-10(16(2,14)15)13(8)9-6-4-3-5-7-9/h3-7H,1-2H3. The number of aryl methyl sites for hydroxylation is 1. The van der Waals surface area contributed by atoms with Crippen LogP contribution in [0.5, 0.6) is 0 Å². The third kappa shape index (κ3) is 1.83. The second-order valence-corrected chi connectivity index (χ2v) is 5.38. The van der Waals surface area contributed by atoms with E-state index in [4.69, 9.17) is 0 Å². The summed E-state index contributed by atoms with van der Waals surface area (Å²) in [5.74, 6) is 0.548. The molecule has 5 nitrogen and oxygen atoms in total. The molecular formula is C10H11N3O2S. The molecule has 84 valence electrons. The fourth-order valence-corrected chi connectivity index (χ4v) is 2.22. The van der Waals surface area contributed by atoms with Gasteiger partial charge in [0.05, 0.1) is 0 Å². The van der Waals surface area contributed by atoms with E-state index in [0.29, 0.717) is 5.82 Å². The molecule has 0 bridgehead atoms. The first-order valence-electron chi connectivity index (χ1n) is 4.67. The van der Waals surface area contributed by atoms with Gasteiger partial charge in [0.1, 0.15) is 5.82 Å². The zero-order valence-electron chi connectivity index (χ0n) is 8.95. The average molecular weight is 237 g/mol. The van der Waals surface area contributed by atoms with E-state index in [2.05, 4.69) is 10.2 Å². The highest BCUT2D eigenvalue weighted by atomic mass is 32.2. The van der Waals surface area contributed by atoms with Crippen molar-refractivity contribution >= 4 is 9.84 Å². The molecule has 16 heavy (non-hydrogen) atoms. The van der Waals surface area contributed by atoms with Gasteiger partial charge < -0.3 is 0 Å². The minimum Gasteiger partial charge on any atom is -0.270 e. The fourth-order valence-electron chi connectivity index (χ4n) is 1.46. The third-order valence-corrected chi connectivity index (χ3v) is 3.07. The van der Waals surface area contributed by atoms with Crippen LogP contribution in [0.15, 0.2) is 35.5 Å². The number of sulfone groups is 1. The molecule has 0 aliphatic rings. The number of hydrogen-bond acceptors (Lipinski definition) is 4. The van der Waals surface area contributed by atoms with Crippen LogP contribution < -0.4 is 0 Å². The zero-order chi connectivity index (χ0) is 11.8. The van der Waals surface area contributed by atoms with Gasteiger partial charge in [0.2, 0.25) is 9.84 Å². The highest BCUT2D eigenvalue weighted by molar-refractivity contribution is 7.90. The van der Waals surface area contributed by atoms with Crippen molar-refractivity contribution in [3.8, 4) is 5.69 Å². The molecular weight excluding hydrogens is 226 g/mol. The van der Waals surface area contributed by atoms with Crippen LogP contribution in [0.3, 0.4) is 0 Å². The fraction of sp³-hybridized carbons (Fsp3) is 0.200. The quantitative estimate of drug-likeness (QED) is 0.781. The summed E-state index contributed by atoms with van der Waals surface area (Å²) in [5, 5.41) is 7.45. The van der Waals surface area contributed by atoms with Crippen molar-refractivity contribution in [3.63, 3.8) is 0 Å². The number of rotatable bonds is 2. The largest absolute Gasteiger partial charge is 0.270 e. The number of para-hydroxylation sites is 1. The predicted molar refractivity (Wildman–Crippen MR) is 59.2 cm³/mol. The SMILES string of the molecule is Cc1nnc(S(C)(=O)=O)n1-c1ccccc1. The summed E-state index contributed by atoms with van der Waals surface area (Å²) in [6, 6.07) is 9.15. The van der Waals surface area contributed by atoms with E-state index in [1.165, 1.54) is 4.57 Å². The first kappa shape index (κ1) is 10.8. The van der Waals surface area contributed by atoms with Gasteiger partial charge in [-0.3, -0.25) is 4.57 Å². The Morgan fingerprint density at radius 2 is 1.75 bits per heavy atom. The average Bonchev–Trinajstić information content (AvgIpc) is 2.61. The maximum atomic E-state index is 11.5. The van der Waals surface area contributed by atoms with Crippen molar-refractivity contribution in [2.75, 3.05) is 6.26 Å². The molecule has 0 fully saturated rings. The van der Waals surface area contributed by atoms with Crippen molar-refractivity contribution in [2.24, 2.45) is 0 Å². The molecule has 1 aromatic carbocycles. The molecule has 0 spiro atoms. The van der Waals surface area contributed by atoms with Crippen molar-refractivity contribution in [1.29, 1.82) is 0 Å². The van der Waals surface area contributed by atoms with Crippen molar-refractivity contribution < 1.29 is 8.42 Å². The smallest absolute Gasteiger partial charge is 0.254 e.